The summed E-state index contributed by atoms with van der Waals surface area (Å²) in [6, 6.07) is 17.5. The molecule has 2 atom stereocenters. The Labute approximate surface area is 208 Å². The van der Waals surface area contributed by atoms with Crippen LogP contribution in [0.25, 0.3) is 0 Å². The third kappa shape index (κ3) is 4.64. The highest BCUT2D eigenvalue weighted by Crippen LogP contribution is 2.40. The Morgan fingerprint density at radius 3 is 2.06 bits per heavy atom. The molecule has 5 rings (SSSR count). The predicted octanol–water partition coefficient (Wildman–Crippen LogP) is 4.75. The van der Waals surface area contributed by atoms with Crippen LogP contribution in [-0.4, -0.2) is 47.2 Å². The van der Waals surface area contributed by atoms with Crippen molar-refractivity contribution in [2.24, 2.45) is 5.92 Å². The van der Waals surface area contributed by atoms with Crippen LogP contribution in [0.1, 0.15) is 69.3 Å². The van der Waals surface area contributed by atoms with Crippen LogP contribution in [0.4, 0.5) is 4.79 Å². The molecule has 2 aromatic rings. The van der Waals surface area contributed by atoms with Gasteiger partial charge in [-0.3, -0.25) is 4.79 Å². The molecule has 6 nitrogen and oxygen atoms in total. The van der Waals surface area contributed by atoms with E-state index in [4.69, 9.17) is 14.0 Å². The number of ketones is 1. The Morgan fingerprint density at radius 1 is 0.914 bits per heavy atom. The number of Topliss-reactive ketones (excluding diaryl/α,β-unsaturated/α-hetero) is 1. The number of benzene rings is 2. The highest BCUT2D eigenvalue weighted by molar-refractivity contribution is 6.62. The Bertz CT molecular complexity index is 1050. The van der Waals surface area contributed by atoms with Crippen molar-refractivity contribution in [3.63, 3.8) is 0 Å². The van der Waals surface area contributed by atoms with E-state index in [9.17, 15) is 9.59 Å². The van der Waals surface area contributed by atoms with Crippen LogP contribution in [0.2, 0.25) is 0 Å². The second kappa shape index (κ2) is 9.10. The molecule has 184 valence electrons. The van der Waals surface area contributed by atoms with Gasteiger partial charge in [-0.05, 0) is 64.4 Å². The second-order valence-electron chi connectivity index (χ2n) is 11.1. The molecule has 0 N–H and O–H groups in total. The van der Waals surface area contributed by atoms with Gasteiger partial charge < -0.3 is 18.9 Å². The first-order valence-electron chi connectivity index (χ1n) is 12.6. The first-order valence-corrected chi connectivity index (χ1v) is 12.6. The molecule has 1 amide bonds. The normalized spacial score (nSPS) is 26.6. The summed E-state index contributed by atoms with van der Waals surface area (Å²) < 4.78 is 17.9. The monoisotopic (exact) mass is 475 g/mol. The van der Waals surface area contributed by atoms with Gasteiger partial charge in [-0.1, -0.05) is 54.6 Å². The Balaban J connectivity index is 1.20. The van der Waals surface area contributed by atoms with Crippen LogP contribution in [-0.2, 0) is 20.7 Å². The van der Waals surface area contributed by atoms with E-state index in [0.717, 1.165) is 23.9 Å². The van der Waals surface area contributed by atoms with Gasteiger partial charge in [0.05, 0.1) is 11.2 Å². The van der Waals surface area contributed by atoms with E-state index in [1.807, 2.05) is 87.2 Å². The fourth-order valence-electron chi connectivity index (χ4n) is 5.50. The highest BCUT2D eigenvalue weighted by atomic mass is 16.7. The lowest BCUT2D eigenvalue weighted by atomic mass is 9.78. The van der Waals surface area contributed by atoms with E-state index in [2.05, 4.69) is 0 Å². The van der Waals surface area contributed by atoms with Gasteiger partial charge in [-0.2, -0.15) is 0 Å². The number of fused-ring (bicyclic) bond motifs is 2. The van der Waals surface area contributed by atoms with E-state index in [-0.39, 0.29) is 36.5 Å². The zero-order chi connectivity index (χ0) is 24.8. The zero-order valence-electron chi connectivity index (χ0n) is 21.0. The minimum absolute atomic E-state index is 0.0648. The quantitative estimate of drug-likeness (QED) is 0.462. The summed E-state index contributed by atoms with van der Waals surface area (Å²) in [6.07, 6.45) is 2.97. The van der Waals surface area contributed by atoms with Crippen molar-refractivity contribution in [1.82, 2.24) is 4.90 Å². The van der Waals surface area contributed by atoms with Gasteiger partial charge in [0.25, 0.3) is 0 Å². The predicted molar refractivity (Wildman–Crippen MR) is 134 cm³/mol. The molecule has 0 radical (unpaired) electrons. The summed E-state index contributed by atoms with van der Waals surface area (Å²) >= 11 is 0. The summed E-state index contributed by atoms with van der Waals surface area (Å²) in [4.78, 5) is 28.1. The molecule has 3 saturated heterocycles. The van der Waals surface area contributed by atoms with Crippen molar-refractivity contribution in [2.45, 2.75) is 83.3 Å². The van der Waals surface area contributed by atoms with Crippen molar-refractivity contribution >= 4 is 24.5 Å². The van der Waals surface area contributed by atoms with Gasteiger partial charge in [0, 0.05) is 23.6 Å². The molecule has 0 aromatic heterocycles. The molecular weight excluding hydrogens is 441 g/mol. The van der Waals surface area contributed by atoms with Crippen LogP contribution in [0, 0.1) is 5.92 Å². The molecule has 3 aliphatic rings. The first-order chi connectivity index (χ1) is 16.6. The van der Waals surface area contributed by atoms with Crippen molar-refractivity contribution in [3.8, 4) is 0 Å². The lowest BCUT2D eigenvalue weighted by Gasteiger charge is -2.37. The van der Waals surface area contributed by atoms with E-state index >= 15 is 0 Å². The largest absolute Gasteiger partial charge is 0.494 e. The molecule has 3 heterocycles. The SMILES string of the molecule is CC1(C)OB(c2ccc(C(=O)C3CC4CCC(C3)N4C(=O)OCc3ccccc3)cc2)OC1(C)C. The Kier molecular flexibility index (Phi) is 6.26. The lowest BCUT2D eigenvalue weighted by molar-refractivity contribution is 0.00578. The summed E-state index contributed by atoms with van der Waals surface area (Å²) in [5.74, 6) is 0.0769. The van der Waals surface area contributed by atoms with Crippen LogP contribution >= 0.6 is 0 Å². The molecule has 35 heavy (non-hydrogen) atoms. The minimum Gasteiger partial charge on any atom is -0.445 e. The number of ether oxygens (including phenoxy) is 1. The van der Waals surface area contributed by atoms with Crippen LogP contribution in [0.5, 0.6) is 0 Å². The van der Waals surface area contributed by atoms with Gasteiger partial charge in [0.15, 0.2) is 5.78 Å². The van der Waals surface area contributed by atoms with Gasteiger partial charge in [0.2, 0.25) is 0 Å². The van der Waals surface area contributed by atoms with Gasteiger partial charge in [0.1, 0.15) is 6.61 Å². The average molecular weight is 475 g/mol. The molecule has 7 heteroatoms. The number of nitrogens with zero attached hydrogens (tertiary/aromatic N) is 1. The number of amides is 1. The number of hydrogen-bond acceptors (Lipinski definition) is 5. The van der Waals surface area contributed by atoms with E-state index < -0.39 is 18.3 Å². The minimum atomic E-state index is -0.440. The summed E-state index contributed by atoms with van der Waals surface area (Å²) in [5, 5.41) is 0. The maximum absolute atomic E-state index is 13.3. The third-order valence-electron chi connectivity index (χ3n) is 8.24. The van der Waals surface area contributed by atoms with Crippen LogP contribution < -0.4 is 5.46 Å². The molecule has 2 unspecified atom stereocenters. The fourth-order valence-corrected chi connectivity index (χ4v) is 5.50. The lowest BCUT2D eigenvalue weighted by Crippen LogP contribution is -2.48. The van der Waals surface area contributed by atoms with Crippen molar-refractivity contribution in [3.05, 3.63) is 65.7 Å². The van der Waals surface area contributed by atoms with E-state index in [1.54, 1.807) is 0 Å². The fraction of sp³-hybridized carbons (Fsp3) is 0.500. The summed E-state index contributed by atoms with van der Waals surface area (Å²) in [6.45, 7) is 8.39. The molecule has 3 aliphatic heterocycles. The Morgan fingerprint density at radius 2 is 1.49 bits per heavy atom. The third-order valence-corrected chi connectivity index (χ3v) is 8.24. The van der Waals surface area contributed by atoms with Crippen LogP contribution in [0.3, 0.4) is 0 Å². The maximum Gasteiger partial charge on any atom is 0.494 e. The summed E-state index contributed by atoms with van der Waals surface area (Å²) in [7, 11) is -0.440. The maximum atomic E-state index is 13.3. The molecular formula is C28H34BNO5. The average Bonchev–Trinajstić information content (AvgIpc) is 3.24. The molecule has 2 bridgehead atoms. The highest BCUT2D eigenvalue weighted by Gasteiger charge is 2.52. The number of rotatable bonds is 5. The molecule has 0 saturated carbocycles. The molecule has 2 aromatic carbocycles. The molecule has 3 fully saturated rings. The molecule has 0 aliphatic carbocycles. The van der Waals surface area contributed by atoms with Crippen LogP contribution in [0.15, 0.2) is 54.6 Å². The first kappa shape index (κ1) is 24.1. The van der Waals surface area contributed by atoms with Gasteiger partial charge in [-0.15, -0.1) is 0 Å². The number of carbonyl (C=O) groups is 2. The second-order valence-corrected chi connectivity index (χ2v) is 11.1. The number of hydrogen-bond donors (Lipinski definition) is 0. The smallest absolute Gasteiger partial charge is 0.445 e. The number of carbonyl (C=O) groups excluding carboxylic acids is 2. The van der Waals surface area contributed by atoms with Crippen molar-refractivity contribution in [1.29, 1.82) is 0 Å². The molecule has 0 spiro atoms. The number of piperidine rings is 1. The van der Waals surface area contributed by atoms with Gasteiger partial charge in [-0.25, -0.2) is 4.79 Å². The van der Waals surface area contributed by atoms with Crippen molar-refractivity contribution < 1.29 is 23.6 Å². The Hall–Kier alpha value is -2.64. The van der Waals surface area contributed by atoms with Gasteiger partial charge >= 0.3 is 13.2 Å². The zero-order valence-corrected chi connectivity index (χ0v) is 21.0. The van der Waals surface area contributed by atoms with E-state index in [1.165, 1.54) is 0 Å². The van der Waals surface area contributed by atoms with Crippen molar-refractivity contribution in [2.75, 3.05) is 0 Å². The standard InChI is InChI=1S/C28H34BNO5/c1-27(2)28(3,4)35-29(34-27)22-12-10-20(11-13-22)25(31)21-16-23-14-15-24(17-21)30(23)26(32)33-18-19-8-6-5-7-9-19/h5-13,21,23-24H,14-18H2,1-4H3. The topological polar surface area (TPSA) is 65.1 Å². The van der Waals surface area contributed by atoms with E-state index in [0.29, 0.717) is 18.4 Å². The summed E-state index contributed by atoms with van der Waals surface area (Å²) in [5.41, 5.74) is 1.79.